The average molecular weight is 336 g/mol. The molecule has 6 nitrogen and oxygen atoms in total. The first-order valence-corrected chi connectivity index (χ1v) is 6.94. The van der Waals surface area contributed by atoms with E-state index in [-0.39, 0.29) is 24.1 Å². The second-order valence-corrected chi connectivity index (χ2v) is 5.38. The minimum Gasteiger partial charge on any atom is -0.459 e. The largest absolute Gasteiger partial charge is 0.459 e. The number of hydrogen-bond acceptors (Lipinski definition) is 5. The van der Waals surface area contributed by atoms with Gasteiger partial charge in [-0.05, 0) is 36.8 Å². The van der Waals surface area contributed by atoms with E-state index < -0.39 is 5.54 Å². The molecule has 2 aromatic rings. The molecule has 122 valence electrons. The SMILES string of the molecule is CC1(c2cccc(NC(=O)c3ccco3)c2)COCC(N)=N1.Cl. The van der Waals surface area contributed by atoms with E-state index in [0.29, 0.717) is 24.7 Å². The topological polar surface area (TPSA) is 89.8 Å². The molecule has 0 fully saturated rings. The van der Waals surface area contributed by atoms with Gasteiger partial charge in [0.05, 0.1) is 12.9 Å². The van der Waals surface area contributed by atoms with Crippen molar-refractivity contribution in [3.8, 4) is 0 Å². The third-order valence-corrected chi connectivity index (χ3v) is 3.51. The minimum atomic E-state index is -0.548. The number of hydrogen-bond donors (Lipinski definition) is 2. The monoisotopic (exact) mass is 335 g/mol. The molecule has 0 bridgehead atoms. The molecule has 0 radical (unpaired) electrons. The lowest BCUT2D eigenvalue weighted by molar-refractivity contribution is 0.0996. The van der Waals surface area contributed by atoms with Gasteiger partial charge in [-0.15, -0.1) is 12.4 Å². The van der Waals surface area contributed by atoms with Crippen molar-refractivity contribution in [2.24, 2.45) is 10.7 Å². The number of amides is 1. The number of nitrogens with two attached hydrogens (primary N) is 1. The third kappa shape index (κ3) is 3.72. The number of rotatable bonds is 3. The maximum Gasteiger partial charge on any atom is 0.291 e. The third-order valence-electron chi connectivity index (χ3n) is 3.51. The van der Waals surface area contributed by atoms with Crippen molar-refractivity contribution in [3.63, 3.8) is 0 Å². The summed E-state index contributed by atoms with van der Waals surface area (Å²) in [7, 11) is 0. The number of carbonyl (C=O) groups is 1. The predicted molar refractivity (Wildman–Crippen MR) is 90.1 cm³/mol. The molecule has 1 amide bonds. The summed E-state index contributed by atoms with van der Waals surface area (Å²) in [6.45, 7) is 2.75. The highest BCUT2D eigenvalue weighted by atomic mass is 35.5. The molecule has 23 heavy (non-hydrogen) atoms. The normalized spacial score (nSPS) is 20.3. The van der Waals surface area contributed by atoms with Crippen molar-refractivity contribution in [3.05, 3.63) is 54.0 Å². The number of anilines is 1. The first kappa shape index (κ1) is 17.1. The molecule has 1 aliphatic heterocycles. The number of halogens is 1. The quantitative estimate of drug-likeness (QED) is 0.902. The number of aliphatic imine (C=N–C) groups is 1. The molecule has 3 N–H and O–H groups in total. The highest BCUT2D eigenvalue weighted by Gasteiger charge is 2.30. The van der Waals surface area contributed by atoms with Crippen LogP contribution in [0, 0.1) is 0 Å². The van der Waals surface area contributed by atoms with Crippen LogP contribution < -0.4 is 11.1 Å². The van der Waals surface area contributed by atoms with Gasteiger partial charge < -0.3 is 20.2 Å². The molecule has 1 atom stereocenters. The number of amidine groups is 1. The van der Waals surface area contributed by atoms with Crippen LogP contribution in [0.5, 0.6) is 0 Å². The maximum absolute atomic E-state index is 12.0. The van der Waals surface area contributed by atoms with Crippen molar-refractivity contribution in [1.29, 1.82) is 0 Å². The smallest absolute Gasteiger partial charge is 0.291 e. The lowest BCUT2D eigenvalue weighted by Crippen LogP contribution is -2.37. The van der Waals surface area contributed by atoms with Crippen LogP contribution in [-0.4, -0.2) is 25.0 Å². The van der Waals surface area contributed by atoms with E-state index >= 15 is 0 Å². The maximum atomic E-state index is 12.0. The van der Waals surface area contributed by atoms with Crippen LogP contribution in [0.2, 0.25) is 0 Å². The van der Waals surface area contributed by atoms with Crippen LogP contribution in [0.15, 0.2) is 52.1 Å². The molecule has 1 aromatic heterocycles. The number of benzene rings is 1. The van der Waals surface area contributed by atoms with Gasteiger partial charge in [0.1, 0.15) is 18.0 Å². The summed E-state index contributed by atoms with van der Waals surface area (Å²) in [5, 5.41) is 2.80. The predicted octanol–water partition coefficient (Wildman–Crippen LogP) is 2.56. The van der Waals surface area contributed by atoms with Crippen LogP contribution >= 0.6 is 12.4 Å². The molecule has 3 rings (SSSR count). The summed E-state index contributed by atoms with van der Waals surface area (Å²) in [6, 6.07) is 10.8. The first-order chi connectivity index (χ1) is 10.6. The Labute approximate surface area is 140 Å². The summed E-state index contributed by atoms with van der Waals surface area (Å²) >= 11 is 0. The van der Waals surface area contributed by atoms with E-state index in [2.05, 4.69) is 10.3 Å². The van der Waals surface area contributed by atoms with Gasteiger partial charge in [-0.3, -0.25) is 9.79 Å². The fraction of sp³-hybridized carbons (Fsp3) is 0.250. The number of ether oxygens (including phenoxy) is 1. The van der Waals surface area contributed by atoms with E-state index in [1.165, 1.54) is 6.26 Å². The van der Waals surface area contributed by atoms with Gasteiger partial charge >= 0.3 is 0 Å². The van der Waals surface area contributed by atoms with Crippen molar-refractivity contribution in [2.75, 3.05) is 18.5 Å². The van der Waals surface area contributed by atoms with E-state index in [4.69, 9.17) is 14.9 Å². The average Bonchev–Trinajstić information content (AvgIpc) is 3.01. The number of carbonyl (C=O) groups excluding carboxylic acids is 1. The Morgan fingerprint density at radius 1 is 1.35 bits per heavy atom. The molecule has 0 spiro atoms. The molecule has 0 saturated carbocycles. The molecule has 1 aromatic carbocycles. The summed E-state index contributed by atoms with van der Waals surface area (Å²) in [6.07, 6.45) is 1.46. The van der Waals surface area contributed by atoms with Crippen molar-refractivity contribution >= 4 is 29.8 Å². The zero-order valence-corrected chi connectivity index (χ0v) is 13.4. The summed E-state index contributed by atoms with van der Waals surface area (Å²) in [5.74, 6) is 0.439. The second-order valence-electron chi connectivity index (χ2n) is 5.38. The van der Waals surface area contributed by atoms with Crippen LogP contribution in [0.4, 0.5) is 5.69 Å². The van der Waals surface area contributed by atoms with Crippen molar-refractivity contribution in [1.82, 2.24) is 0 Å². The van der Waals surface area contributed by atoms with E-state index in [9.17, 15) is 4.79 Å². The van der Waals surface area contributed by atoms with Crippen LogP contribution in [0.3, 0.4) is 0 Å². The second kappa shape index (κ2) is 6.85. The van der Waals surface area contributed by atoms with E-state index in [1.54, 1.807) is 12.1 Å². The molecular formula is C16H18ClN3O3. The lowest BCUT2D eigenvalue weighted by atomic mass is 9.92. The molecule has 7 heteroatoms. The van der Waals surface area contributed by atoms with Gasteiger partial charge in [-0.1, -0.05) is 12.1 Å². The van der Waals surface area contributed by atoms with Crippen molar-refractivity contribution in [2.45, 2.75) is 12.5 Å². The first-order valence-electron chi connectivity index (χ1n) is 6.94. The standard InChI is InChI=1S/C16H17N3O3.ClH/c1-16(10-21-9-14(17)19-16)11-4-2-5-12(8-11)18-15(20)13-6-3-7-22-13;/h2-8H,9-10H2,1H3,(H2,17,19)(H,18,20);1H. The fourth-order valence-corrected chi connectivity index (χ4v) is 2.42. The number of nitrogens with zero attached hydrogens (tertiary/aromatic N) is 1. The van der Waals surface area contributed by atoms with Gasteiger partial charge in [0, 0.05) is 5.69 Å². The van der Waals surface area contributed by atoms with Crippen LogP contribution in [0.1, 0.15) is 23.0 Å². The molecule has 1 unspecified atom stereocenters. The van der Waals surface area contributed by atoms with Crippen molar-refractivity contribution < 1.29 is 13.9 Å². The van der Waals surface area contributed by atoms with E-state index in [1.807, 2.05) is 31.2 Å². The number of nitrogens with one attached hydrogen (secondary N) is 1. The summed E-state index contributed by atoms with van der Waals surface area (Å²) < 4.78 is 10.6. The minimum absolute atomic E-state index is 0. The van der Waals surface area contributed by atoms with Gasteiger partial charge in [-0.25, -0.2) is 0 Å². The van der Waals surface area contributed by atoms with Gasteiger partial charge in [0.25, 0.3) is 5.91 Å². The molecule has 0 aliphatic carbocycles. The Morgan fingerprint density at radius 2 is 2.17 bits per heavy atom. The lowest BCUT2D eigenvalue weighted by Gasteiger charge is -2.30. The highest BCUT2D eigenvalue weighted by Crippen LogP contribution is 2.30. The molecule has 0 saturated heterocycles. The zero-order chi connectivity index (χ0) is 15.6. The van der Waals surface area contributed by atoms with E-state index in [0.717, 1.165) is 5.56 Å². The Hall–Kier alpha value is -2.31. The van der Waals surface area contributed by atoms with Crippen LogP contribution in [0.25, 0.3) is 0 Å². The molecular weight excluding hydrogens is 318 g/mol. The fourth-order valence-electron chi connectivity index (χ4n) is 2.42. The van der Waals surface area contributed by atoms with Crippen LogP contribution in [-0.2, 0) is 10.3 Å². The number of furan rings is 1. The Balaban J connectivity index is 0.00000192. The highest BCUT2D eigenvalue weighted by molar-refractivity contribution is 6.02. The Bertz CT molecular complexity index is 715. The molecule has 1 aliphatic rings. The Morgan fingerprint density at radius 3 is 2.87 bits per heavy atom. The molecule has 2 heterocycles. The Kier molecular flexibility index (Phi) is 5.08. The van der Waals surface area contributed by atoms with Gasteiger partial charge in [0.2, 0.25) is 0 Å². The summed E-state index contributed by atoms with van der Waals surface area (Å²) in [4.78, 5) is 16.5. The van der Waals surface area contributed by atoms with Gasteiger partial charge in [-0.2, -0.15) is 0 Å². The van der Waals surface area contributed by atoms with Gasteiger partial charge in [0.15, 0.2) is 5.76 Å². The zero-order valence-electron chi connectivity index (χ0n) is 12.6. The summed E-state index contributed by atoms with van der Waals surface area (Å²) in [5.41, 5.74) is 6.82.